The summed E-state index contributed by atoms with van der Waals surface area (Å²) in [6, 6.07) is 6.20. The fourth-order valence-corrected chi connectivity index (χ4v) is 1.71. The summed E-state index contributed by atoms with van der Waals surface area (Å²) in [7, 11) is -4.00. The van der Waals surface area contributed by atoms with Crippen LogP contribution in [0, 0.1) is 0 Å². The fourth-order valence-electron chi connectivity index (χ4n) is 1.10. The second-order valence-corrected chi connectivity index (χ2v) is 4.56. The molecule has 0 aromatic heterocycles. The Morgan fingerprint density at radius 2 is 1.87 bits per heavy atom. The summed E-state index contributed by atoms with van der Waals surface area (Å²) >= 11 is 0. The van der Waals surface area contributed by atoms with E-state index in [0.717, 1.165) is 0 Å². The van der Waals surface area contributed by atoms with Crippen LogP contribution in [0.3, 0.4) is 0 Å². The van der Waals surface area contributed by atoms with Crippen LogP contribution in [0.5, 0.6) is 0 Å². The van der Waals surface area contributed by atoms with Gasteiger partial charge >= 0.3 is 0 Å². The molecule has 82 valence electrons. The average molecular weight is 229 g/mol. The van der Waals surface area contributed by atoms with Crippen molar-refractivity contribution in [2.45, 2.75) is 12.7 Å². The van der Waals surface area contributed by atoms with Gasteiger partial charge in [-0.2, -0.15) is 8.42 Å². The highest BCUT2D eigenvalue weighted by Gasteiger charge is 2.06. The molecule has 1 amide bonds. The van der Waals surface area contributed by atoms with E-state index in [1.807, 2.05) is 0 Å². The molecule has 0 aliphatic heterocycles. The van der Waals surface area contributed by atoms with E-state index < -0.39 is 15.9 Å². The lowest BCUT2D eigenvalue weighted by atomic mass is 10.2. The topological polar surface area (TPSA) is 83.5 Å². The Morgan fingerprint density at radius 3 is 2.27 bits per heavy atom. The molecule has 0 saturated heterocycles. The Kier molecular flexibility index (Phi) is 3.43. The first-order valence-electron chi connectivity index (χ1n) is 4.18. The summed E-state index contributed by atoms with van der Waals surface area (Å²) in [4.78, 5) is 10.7. The van der Waals surface area contributed by atoms with Gasteiger partial charge in [-0.3, -0.25) is 9.35 Å². The maximum Gasteiger partial charge on any atom is 0.269 e. The summed E-state index contributed by atoms with van der Waals surface area (Å²) in [5, 5.41) is 2.54. The Hall–Kier alpha value is -1.40. The van der Waals surface area contributed by atoms with Gasteiger partial charge in [0.25, 0.3) is 10.1 Å². The van der Waals surface area contributed by atoms with Crippen molar-refractivity contribution in [3.05, 3.63) is 29.8 Å². The highest BCUT2D eigenvalue weighted by Crippen LogP contribution is 2.11. The summed E-state index contributed by atoms with van der Waals surface area (Å²) in [5.41, 5.74) is 1.05. The van der Waals surface area contributed by atoms with E-state index in [2.05, 4.69) is 5.32 Å². The number of carbonyl (C=O) groups is 1. The number of hydrogen-bond acceptors (Lipinski definition) is 3. The summed E-state index contributed by atoms with van der Waals surface area (Å²) < 4.78 is 29.7. The van der Waals surface area contributed by atoms with E-state index >= 15 is 0 Å². The molecule has 1 aromatic carbocycles. The number of hydrogen-bond donors (Lipinski definition) is 2. The Balaban J connectivity index is 2.77. The molecular weight excluding hydrogens is 218 g/mol. The molecule has 0 aliphatic rings. The van der Waals surface area contributed by atoms with Crippen LogP contribution in [-0.4, -0.2) is 18.9 Å². The molecule has 0 atom stereocenters. The smallest absolute Gasteiger partial charge is 0.269 e. The van der Waals surface area contributed by atoms with Gasteiger partial charge in [-0.25, -0.2) is 0 Å². The van der Waals surface area contributed by atoms with Gasteiger partial charge in [-0.05, 0) is 17.7 Å². The normalized spacial score (nSPS) is 11.1. The lowest BCUT2D eigenvalue weighted by Crippen LogP contribution is -2.06. The number of anilines is 1. The minimum atomic E-state index is -4.00. The zero-order chi connectivity index (χ0) is 11.5. The van der Waals surface area contributed by atoms with E-state index in [4.69, 9.17) is 4.55 Å². The maximum absolute atomic E-state index is 10.7. The monoisotopic (exact) mass is 229 g/mol. The van der Waals surface area contributed by atoms with Crippen LogP contribution in [0.25, 0.3) is 0 Å². The summed E-state index contributed by atoms with van der Waals surface area (Å²) in [6.07, 6.45) is 0. The van der Waals surface area contributed by atoms with Crippen molar-refractivity contribution in [2.24, 2.45) is 0 Å². The van der Waals surface area contributed by atoms with Gasteiger partial charge in [0.1, 0.15) is 5.75 Å². The number of amides is 1. The van der Waals surface area contributed by atoms with Crippen LogP contribution in [0.1, 0.15) is 12.5 Å². The third-order valence-corrected chi connectivity index (χ3v) is 2.32. The van der Waals surface area contributed by atoms with Crippen LogP contribution < -0.4 is 5.32 Å². The van der Waals surface area contributed by atoms with Gasteiger partial charge in [0.15, 0.2) is 0 Å². The van der Waals surface area contributed by atoms with E-state index in [1.54, 1.807) is 12.1 Å². The Morgan fingerprint density at radius 1 is 1.33 bits per heavy atom. The second-order valence-electron chi connectivity index (χ2n) is 3.10. The molecule has 0 aliphatic carbocycles. The van der Waals surface area contributed by atoms with Gasteiger partial charge < -0.3 is 5.32 Å². The standard InChI is InChI=1S/C9H11NO4S/c1-7(11)10-9-4-2-8(3-5-9)6-15(12,13)14/h2-5H,6H2,1H3,(H,10,11)(H,12,13,14). The lowest BCUT2D eigenvalue weighted by molar-refractivity contribution is -0.114. The Bertz CT molecular complexity index is 450. The van der Waals surface area contributed by atoms with Crippen molar-refractivity contribution in [3.63, 3.8) is 0 Å². The zero-order valence-corrected chi connectivity index (χ0v) is 8.91. The van der Waals surface area contributed by atoms with Gasteiger partial charge in [-0.15, -0.1) is 0 Å². The number of rotatable bonds is 3. The molecule has 0 radical (unpaired) electrons. The third kappa shape index (κ3) is 4.57. The quantitative estimate of drug-likeness (QED) is 0.758. The largest absolute Gasteiger partial charge is 0.326 e. The molecule has 0 bridgehead atoms. The van der Waals surface area contributed by atoms with Crippen molar-refractivity contribution < 1.29 is 17.8 Å². The molecule has 1 aromatic rings. The first-order valence-corrected chi connectivity index (χ1v) is 5.79. The van der Waals surface area contributed by atoms with E-state index in [9.17, 15) is 13.2 Å². The number of nitrogens with one attached hydrogen (secondary N) is 1. The fraction of sp³-hybridized carbons (Fsp3) is 0.222. The SMILES string of the molecule is CC(=O)Nc1ccc(CS(=O)(=O)O)cc1. The van der Waals surface area contributed by atoms with Gasteiger partial charge in [0, 0.05) is 12.6 Å². The predicted molar refractivity (Wildman–Crippen MR) is 56.0 cm³/mol. The van der Waals surface area contributed by atoms with Crippen molar-refractivity contribution in [1.29, 1.82) is 0 Å². The molecule has 6 heteroatoms. The third-order valence-electron chi connectivity index (χ3n) is 1.62. The van der Waals surface area contributed by atoms with Crippen LogP contribution in [-0.2, 0) is 20.7 Å². The minimum Gasteiger partial charge on any atom is -0.326 e. The van der Waals surface area contributed by atoms with Crippen molar-refractivity contribution >= 4 is 21.7 Å². The van der Waals surface area contributed by atoms with Gasteiger partial charge in [0.05, 0.1) is 0 Å². The number of benzene rings is 1. The molecule has 0 fully saturated rings. The van der Waals surface area contributed by atoms with Crippen molar-refractivity contribution in [1.82, 2.24) is 0 Å². The summed E-state index contributed by atoms with van der Waals surface area (Å²) in [5.74, 6) is -0.620. The van der Waals surface area contributed by atoms with Crippen LogP contribution in [0.15, 0.2) is 24.3 Å². The average Bonchev–Trinajstić information content (AvgIpc) is 2.05. The second kappa shape index (κ2) is 4.41. The van der Waals surface area contributed by atoms with Crippen LogP contribution in [0.2, 0.25) is 0 Å². The predicted octanol–water partition coefficient (Wildman–Crippen LogP) is 1.03. The molecule has 1 rings (SSSR count). The highest BCUT2D eigenvalue weighted by atomic mass is 32.2. The van der Waals surface area contributed by atoms with Crippen molar-refractivity contribution in [2.75, 3.05) is 5.32 Å². The molecule has 15 heavy (non-hydrogen) atoms. The van der Waals surface area contributed by atoms with Crippen LogP contribution >= 0.6 is 0 Å². The summed E-state index contributed by atoms with van der Waals surface area (Å²) in [6.45, 7) is 1.38. The molecule has 0 spiro atoms. The van der Waals surface area contributed by atoms with Gasteiger partial charge in [0.2, 0.25) is 5.91 Å². The van der Waals surface area contributed by atoms with E-state index in [1.165, 1.54) is 19.1 Å². The lowest BCUT2D eigenvalue weighted by Gasteiger charge is -2.03. The number of carbonyl (C=O) groups excluding carboxylic acids is 1. The van der Waals surface area contributed by atoms with Crippen molar-refractivity contribution in [3.8, 4) is 0 Å². The first-order chi connectivity index (χ1) is 6.87. The van der Waals surface area contributed by atoms with E-state index in [0.29, 0.717) is 11.3 Å². The van der Waals surface area contributed by atoms with Gasteiger partial charge in [-0.1, -0.05) is 12.1 Å². The Labute approximate surface area is 87.9 Å². The first kappa shape index (κ1) is 11.7. The molecule has 2 N–H and O–H groups in total. The maximum atomic E-state index is 10.7. The molecule has 0 unspecified atom stereocenters. The van der Waals surface area contributed by atoms with E-state index in [-0.39, 0.29) is 5.91 Å². The molecule has 5 nitrogen and oxygen atoms in total. The molecule has 0 heterocycles. The molecular formula is C9H11NO4S. The highest BCUT2D eigenvalue weighted by molar-refractivity contribution is 7.85. The van der Waals surface area contributed by atoms with Crippen LogP contribution in [0.4, 0.5) is 5.69 Å². The zero-order valence-electron chi connectivity index (χ0n) is 8.10. The molecule has 0 saturated carbocycles. The minimum absolute atomic E-state index is 0.197.